The van der Waals surface area contributed by atoms with Crippen molar-refractivity contribution in [3.05, 3.63) is 36.5 Å². The summed E-state index contributed by atoms with van der Waals surface area (Å²) < 4.78 is 1.20. The molecule has 1 nitrogen and oxygen atoms in total. The molecule has 2 radical (unpaired) electrons. The second-order valence-corrected chi connectivity index (χ2v) is 3.46. The molecule has 0 aliphatic rings. The van der Waals surface area contributed by atoms with E-state index in [-0.39, 0.29) is 0 Å². The minimum atomic E-state index is 1.06. The number of hydrogen-bond acceptors (Lipinski definition) is 1. The Morgan fingerprint density at radius 3 is 3.00 bits per heavy atom. The van der Waals surface area contributed by atoms with Gasteiger partial charge in [-0.15, -0.1) is 0 Å². The summed E-state index contributed by atoms with van der Waals surface area (Å²) in [6.07, 6.45) is 1.81. The van der Waals surface area contributed by atoms with E-state index in [1.54, 1.807) is 0 Å². The van der Waals surface area contributed by atoms with Crippen LogP contribution in [-0.2, 0) is 0 Å². The molecule has 1 heterocycles. The van der Waals surface area contributed by atoms with Gasteiger partial charge < -0.3 is 0 Å². The van der Waals surface area contributed by atoms with Gasteiger partial charge in [0, 0.05) is 0 Å². The van der Waals surface area contributed by atoms with Crippen molar-refractivity contribution in [1.29, 1.82) is 0 Å². The molecule has 0 spiro atoms. The number of pyridine rings is 1. The molecule has 0 unspecified atom stereocenters. The van der Waals surface area contributed by atoms with Crippen LogP contribution in [0.5, 0.6) is 0 Å². The van der Waals surface area contributed by atoms with Gasteiger partial charge >= 0.3 is 73.6 Å². The molecule has 0 amide bonds. The zero-order valence-electron chi connectivity index (χ0n) is 5.86. The standard InChI is InChI=1S/C9H6AsN/c10-8-4-3-7-2-1-5-11-9(7)6-8/h1-6H. The van der Waals surface area contributed by atoms with Crippen molar-refractivity contribution in [1.82, 2.24) is 4.98 Å². The van der Waals surface area contributed by atoms with E-state index < -0.39 is 0 Å². The summed E-state index contributed by atoms with van der Waals surface area (Å²) in [5.41, 5.74) is 1.06. The van der Waals surface area contributed by atoms with E-state index in [4.69, 9.17) is 0 Å². The predicted octanol–water partition coefficient (Wildman–Crippen LogP) is 1.03. The Labute approximate surface area is 74.0 Å². The van der Waals surface area contributed by atoms with E-state index >= 15 is 0 Å². The van der Waals surface area contributed by atoms with Crippen LogP contribution in [0.15, 0.2) is 36.5 Å². The first kappa shape index (κ1) is 6.87. The van der Waals surface area contributed by atoms with Crippen molar-refractivity contribution >= 4 is 32.1 Å². The van der Waals surface area contributed by atoms with E-state index in [0.29, 0.717) is 0 Å². The Balaban J connectivity index is 2.83. The summed E-state index contributed by atoms with van der Waals surface area (Å²) >= 11 is 2.52. The first-order valence-corrected chi connectivity index (χ1v) is 4.34. The van der Waals surface area contributed by atoms with E-state index in [0.717, 1.165) is 5.52 Å². The fourth-order valence-electron chi connectivity index (χ4n) is 1.05. The van der Waals surface area contributed by atoms with Crippen LogP contribution in [0.3, 0.4) is 0 Å². The molecule has 1 aromatic heterocycles. The minimum absolute atomic E-state index is 1.06. The summed E-state index contributed by atoms with van der Waals surface area (Å²) in [7, 11) is 0. The van der Waals surface area contributed by atoms with Gasteiger partial charge in [0.25, 0.3) is 0 Å². The third-order valence-corrected chi connectivity index (χ3v) is 2.17. The zero-order valence-corrected chi connectivity index (χ0v) is 7.74. The quantitative estimate of drug-likeness (QED) is 0.582. The van der Waals surface area contributed by atoms with Crippen molar-refractivity contribution < 1.29 is 0 Å². The van der Waals surface area contributed by atoms with Crippen LogP contribution in [0.1, 0.15) is 0 Å². The molecule has 0 saturated heterocycles. The Kier molecular flexibility index (Phi) is 1.67. The summed E-state index contributed by atoms with van der Waals surface area (Å²) in [5, 5.41) is 1.20. The van der Waals surface area contributed by atoms with Crippen LogP contribution >= 0.6 is 0 Å². The van der Waals surface area contributed by atoms with Crippen LogP contribution < -0.4 is 4.35 Å². The summed E-state index contributed by atoms with van der Waals surface area (Å²) in [4.78, 5) is 4.23. The maximum atomic E-state index is 4.23. The Morgan fingerprint density at radius 1 is 1.18 bits per heavy atom. The Hall–Kier alpha value is -0.812. The van der Waals surface area contributed by atoms with Crippen LogP contribution in [-0.4, -0.2) is 21.8 Å². The fourth-order valence-corrected chi connectivity index (χ4v) is 1.47. The van der Waals surface area contributed by atoms with Crippen LogP contribution in [0.4, 0.5) is 0 Å². The summed E-state index contributed by atoms with van der Waals surface area (Å²) in [6.45, 7) is 0. The van der Waals surface area contributed by atoms with Gasteiger partial charge in [-0.2, -0.15) is 0 Å². The predicted molar refractivity (Wildman–Crippen MR) is 47.1 cm³/mol. The third kappa shape index (κ3) is 1.29. The van der Waals surface area contributed by atoms with Crippen molar-refractivity contribution in [3.63, 3.8) is 0 Å². The molecule has 0 fully saturated rings. The summed E-state index contributed by atoms with van der Waals surface area (Å²) in [5.74, 6) is 0. The fraction of sp³-hybridized carbons (Fsp3) is 0. The molecule has 0 saturated carbocycles. The average Bonchev–Trinajstić information content (AvgIpc) is 2.04. The normalized spacial score (nSPS) is 10.3. The molecular formula is C9H6AsN. The first-order chi connectivity index (χ1) is 5.36. The van der Waals surface area contributed by atoms with Gasteiger partial charge in [-0.3, -0.25) is 0 Å². The molecule has 0 N–H and O–H groups in total. The van der Waals surface area contributed by atoms with Crippen molar-refractivity contribution in [3.8, 4) is 0 Å². The molecule has 11 heavy (non-hydrogen) atoms. The molecule has 1 aromatic carbocycles. The number of fused-ring (bicyclic) bond motifs is 1. The average molecular weight is 203 g/mol. The Morgan fingerprint density at radius 2 is 2.09 bits per heavy atom. The molecule has 0 aliphatic carbocycles. The second kappa shape index (κ2) is 2.67. The molecule has 0 atom stereocenters. The number of nitrogens with zero attached hydrogens (tertiary/aromatic N) is 1. The SMILES string of the molecule is [As]c1ccc2cccnc2c1. The van der Waals surface area contributed by atoms with Crippen molar-refractivity contribution in [2.45, 2.75) is 0 Å². The number of aromatic nitrogens is 1. The van der Waals surface area contributed by atoms with Crippen LogP contribution in [0.25, 0.3) is 10.9 Å². The van der Waals surface area contributed by atoms with Crippen LogP contribution in [0.2, 0.25) is 0 Å². The van der Waals surface area contributed by atoms with E-state index in [2.05, 4.69) is 46.1 Å². The zero-order chi connectivity index (χ0) is 7.68. The van der Waals surface area contributed by atoms with E-state index in [1.165, 1.54) is 9.74 Å². The van der Waals surface area contributed by atoms with Crippen LogP contribution in [0, 0.1) is 0 Å². The molecule has 0 aliphatic heterocycles. The number of rotatable bonds is 0. The molecule has 2 rings (SSSR count). The number of hydrogen-bond donors (Lipinski definition) is 0. The second-order valence-electron chi connectivity index (χ2n) is 2.38. The molecule has 52 valence electrons. The van der Waals surface area contributed by atoms with Gasteiger partial charge in [0.15, 0.2) is 0 Å². The Bertz CT molecular complexity index is 384. The number of benzene rings is 1. The van der Waals surface area contributed by atoms with Gasteiger partial charge in [-0.25, -0.2) is 0 Å². The topological polar surface area (TPSA) is 12.9 Å². The van der Waals surface area contributed by atoms with Crippen molar-refractivity contribution in [2.24, 2.45) is 0 Å². The van der Waals surface area contributed by atoms with Gasteiger partial charge in [0.2, 0.25) is 0 Å². The van der Waals surface area contributed by atoms with E-state index in [1.807, 2.05) is 12.3 Å². The van der Waals surface area contributed by atoms with Gasteiger partial charge in [0.05, 0.1) is 0 Å². The maximum absolute atomic E-state index is 4.23. The van der Waals surface area contributed by atoms with Crippen molar-refractivity contribution in [2.75, 3.05) is 0 Å². The first-order valence-electron chi connectivity index (χ1n) is 3.40. The molecule has 2 heteroatoms. The van der Waals surface area contributed by atoms with Gasteiger partial charge in [-0.05, 0) is 0 Å². The summed E-state index contributed by atoms with van der Waals surface area (Å²) in [6, 6.07) is 10.2. The molecule has 0 bridgehead atoms. The third-order valence-electron chi connectivity index (χ3n) is 1.59. The van der Waals surface area contributed by atoms with Gasteiger partial charge in [-0.1, -0.05) is 0 Å². The molecule has 2 aromatic rings. The van der Waals surface area contributed by atoms with Gasteiger partial charge in [0.1, 0.15) is 0 Å². The molecular weight excluding hydrogens is 197 g/mol. The monoisotopic (exact) mass is 203 g/mol. The van der Waals surface area contributed by atoms with E-state index in [9.17, 15) is 0 Å².